The number of pyridine rings is 1. The Morgan fingerprint density at radius 3 is 2.26 bits per heavy atom. The van der Waals surface area contributed by atoms with Crippen LogP contribution in [-0.4, -0.2) is 27.6 Å². The Balaban J connectivity index is 1.40. The highest BCUT2D eigenvalue weighted by molar-refractivity contribution is 6.07. The van der Waals surface area contributed by atoms with E-state index in [-0.39, 0.29) is 17.2 Å². The standard InChI is InChI=1S/C32H28N2O4/c1-20-15-17-21(18-16-20)29-24-11-3-4-12-25(24)31(36)33(2)30(29)32(37)38-19-28(35)34-26-13-7-5-9-22(26)23-10-6-8-14-27(23)34/h3-5,7,9,11-13,15-18H,6,8,10,14,19H2,1-2H3. The Kier molecular flexibility index (Phi) is 5.95. The molecular formula is C32H28N2O4. The van der Waals surface area contributed by atoms with E-state index in [1.54, 1.807) is 23.7 Å². The van der Waals surface area contributed by atoms with E-state index in [1.807, 2.05) is 67.6 Å². The summed E-state index contributed by atoms with van der Waals surface area (Å²) in [6, 6.07) is 22.9. The SMILES string of the molecule is Cc1ccc(-c2c(C(=O)OCC(=O)n3c4c(c5ccccc53)CCCC4)n(C)c(=O)c3ccccc23)cc1. The molecule has 1 aliphatic carbocycles. The second-order valence-corrected chi connectivity index (χ2v) is 9.95. The molecule has 0 aliphatic heterocycles. The van der Waals surface area contributed by atoms with Gasteiger partial charge in [-0.15, -0.1) is 0 Å². The van der Waals surface area contributed by atoms with Crippen molar-refractivity contribution in [2.45, 2.75) is 32.6 Å². The van der Waals surface area contributed by atoms with Crippen LogP contribution in [0.4, 0.5) is 0 Å². The lowest BCUT2D eigenvalue weighted by molar-refractivity contribution is 0.0440. The summed E-state index contributed by atoms with van der Waals surface area (Å²) in [6.07, 6.45) is 3.88. The molecule has 2 heterocycles. The monoisotopic (exact) mass is 504 g/mol. The van der Waals surface area contributed by atoms with Crippen LogP contribution in [0.5, 0.6) is 0 Å². The average Bonchev–Trinajstić information content (AvgIpc) is 3.28. The van der Waals surface area contributed by atoms with Gasteiger partial charge in [0, 0.05) is 29.1 Å². The summed E-state index contributed by atoms with van der Waals surface area (Å²) < 4.78 is 8.71. The van der Waals surface area contributed by atoms with Gasteiger partial charge in [-0.05, 0) is 61.3 Å². The molecule has 5 aromatic rings. The molecule has 3 aromatic carbocycles. The van der Waals surface area contributed by atoms with Crippen LogP contribution in [0.2, 0.25) is 0 Å². The van der Waals surface area contributed by atoms with Crippen molar-refractivity contribution in [2.75, 3.05) is 6.61 Å². The van der Waals surface area contributed by atoms with Crippen molar-refractivity contribution in [3.8, 4) is 11.1 Å². The van der Waals surface area contributed by atoms with Gasteiger partial charge in [-0.25, -0.2) is 4.79 Å². The molecule has 0 N–H and O–H groups in total. The van der Waals surface area contributed by atoms with Crippen molar-refractivity contribution in [1.82, 2.24) is 9.13 Å². The van der Waals surface area contributed by atoms with Crippen molar-refractivity contribution in [1.29, 1.82) is 0 Å². The number of carbonyl (C=O) groups is 2. The summed E-state index contributed by atoms with van der Waals surface area (Å²) in [5.74, 6) is -0.995. The molecule has 0 saturated heterocycles. The second-order valence-electron chi connectivity index (χ2n) is 9.95. The van der Waals surface area contributed by atoms with Crippen molar-refractivity contribution in [3.63, 3.8) is 0 Å². The first-order valence-electron chi connectivity index (χ1n) is 13.0. The number of esters is 1. The maximum atomic E-state index is 13.6. The molecule has 0 amide bonds. The first kappa shape index (κ1) is 23.9. The zero-order chi connectivity index (χ0) is 26.4. The second kappa shape index (κ2) is 9.45. The van der Waals surface area contributed by atoms with Gasteiger partial charge in [0.25, 0.3) is 11.5 Å². The van der Waals surface area contributed by atoms with Crippen molar-refractivity contribution < 1.29 is 14.3 Å². The van der Waals surface area contributed by atoms with E-state index in [0.717, 1.165) is 53.4 Å². The molecule has 0 bridgehead atoms. The molecule has 1 aliphatic rings. The lowest BCUT2D eigenvalue weighted by Gasteiger charge is -2.18. The number of para-hydroxylation sites is 1. The number of fused-ring (bicyclic) bond motifs is 4. The lowest BCUT2D eigenvalue weighted by atomic mass is 9.95. The quantitative estimate of drug-likeness (QED) is 0.288. The number of rotatable bonds is 4. The molecule has 0 atom stereocenters. The van der Waals surface area contributed by atoms with E-state index in [0.29, 0.717) is 16.3 Å². The molecule has 38 heavy (non-hydrogen) atoms. The zero-order valence-corrected chi connectivity index (χ0v) is 21.5. The van der Waals surface area contributed by atoms with Gasteiger partial charge in [0.2, 0.25) is 0 Å². The molecule has 2 aromatic heterocycles. The van der Waals surface area contributed by atoms with Gasteiger partial charge in [-0.1, -0.05) is 66.2 Å². The minimum absolute atomic E-state index is 0.129. The van der Waals surface area contributed by atoms with Gasteiger partial charge < -0.3 is 9.30 Å². The molecule has 6 heteroatoms. The topological polar surface area (TPSA) is 70.3 Å². The third-order valence-electron chi connectivity index (χ3n) is 7.59. The fourth-order valence-electron chi connectivity index (χ4n) is 5.76. The number of aryl methyl sites for hydroxylation is 2. The predicted octanol–water partition coefficient (Wildman–Crippen LogP) is 5.84. The molecule has 6 rings (SSSR count). The maximum Gasteiger partial charge on any atom is 0.356 e. The molecule has 0 spiro atoms. The van der Waals surface area contributed by atoms with Gasteiger partial charge in [0.05, 0.1) is 5.52 Å². The number of aromatic nitrogens is 2. The average molecular weight is 505 g/mol. The smallest absolute Gasteiger partial charge is 0.356 e. The molecule has 0 unspecified atom stereocenters. The number of nitrogens with zero attached hydrogens (tertiary/aromatic N) is 2. The van der Waals surface area contributed by atoms with Crippen LogP contribution in [0, 0.1) is 6.92 Å². The number of ether oxygens (including phenoxy) is 1. The van der Waals surface area contributed by atoms with Crippen LogP contribution >= 0.6 is 0 Å². The summed E-state index contributed by atoms with van der Waals surface area (Å²) in [5, 5.41) is 2.27. The fourth-order valence-corrected chi connectivity index (χ4v) is 5.76. The Bertz CT molecular complexity index is 1790. The van der Waals surface area contributed by atoms with Gasteiger partial charge >= 0.3 is 5.97 Å². The predicted molar refractivity (Wildman–Crippen MR) is 149 cm³/mol. The number of hydrogen-bond acceptors (Lipinski definition) is 4. The van der Waals surface area contributed by atoms with Gasteiger partial charge in [0.15, 0.2) is 6.61 Å². The Hall–Kier alpha value is -4.45. The maximum absolute atomic E-state index is 13.6. The van der Waals surface area contributed by atoms with E-state index in [9.17, 15) is 14.4 Å². The summed E-state index contributed by atoms with van der Waals surface area (Å²) in [5.41, 5.74) is 5.40. The van der Waals surface area contributed by atoms with Crippen molar-refractivity contribution in [3.05, 3.63) is 106 Å². The van der Waals surface area contributed by atoms with E-state index in [2.05, 4.69) is 0 Å². The third kappa shape index (κ3) is 3.84. The van der Waals surface area contributed by atoms with Crippen molar-refractivity contribution >= 4 is 33.6 Å². The number of benzene rings is 3. The van der Waals surface area contributed by atoms with Crippen LogP contribution in [-0.2, 0) is 24.6 Å². The van der Waals surface area contributed by atoms with E-state index in [1.165, 1.54) is 10.1 Å². The van der Waals surface area contributed by atoms with Crippen LogP contribution in [0.3, 0.4) is 0 Å². The summed E-state index contributed by atoms with van der Waals surface area (Å²) in [7, 11) is 1.57. The Labute approximate surface area is 220 Å². The zero-order valence-electron chi connectivity index (χ0n) is 21.5. The van der Waals surface area contributed by atoms with Gasteiger partial charge in [-0.3, -0.25) is 14.2 Å². The first-order chi connectivity index (χ1) is 18.5. The molecule has 190 valence electrons. The normalized spacial score (nSPS) is 13.0. The highest BCUT2D eigenvalue weighted by Crippen LogP contribution is 2.33. The summed E-state index contributed by atoms with van der Waals surface area (Å²) >= 11 is 0. The third-order valence-corrected chi connectivity index (χ3v) is 7.59. The summed E-state index contributed by atoms with van der Waals surface area (Å²) in [6.45, 7) is 1.57. The van der Waals surface area contributed by atoms with E-state index < -0.39 is 12.6 Å². The minimum atomic E-state index is -0.704. The van der Waals surface area contributed by atoms with Crippen LogP contribution in [0.25, 0.3) is 32.8 Å². The van der Waals surface area contributed by atoms with Crippen molar-refractivity contribution in [2.24, 2.45) is 7.05 Å². The minimum Gasteiger partial charge on any atom is -0.451 e. The number of carbonyl (C=O) groups excluding carboxylic acids is 2. The van der Waals surface area contributed by atoms with E-state index >= 15 is 0 Å². The van der Waals surface area contributed by atoms with Gasteiger partial charge in [0.1, 0.15) is 5.69 Å². The molecular weight excluding hydrogens is 476 g/mol. The molecule has 0 radical (unpaired) electrons. The van der Waals surface area contributed by atoms with E-state index in [4.69, 9.17) is 4.74 Å². The highest BCUT2D eigenvalue weighted by Gasteiger charge is 2.26. The largest absolute Gasteiger partial charge is 0.451 e. The van der Waals surface area contributed by atoms with Crippen LogP contribution < -0.4 is 5.56 Å². The van der Waals surface area contributed by atoms with Crippen LogP contribution in [0.1, 0.15) is 44.9 Å². The Morgan fingerprint density at radius 2 is 1.50 bits per heavy atom. The molecule has 0 saturated carbocycles. The fraction of sp³-hybridized carbons (Fsp3) is 0.219. The lowest BCUT2D eigenvalue weighted by Crippen LogP contribution is -2.28. The summed E-state index contributed by atoms with van der Waals surface area (Å²) in [4.78, 5) is 40.3. The first-order valence-corrected chi connectivity index (χ1v) is 13.0. The highest BCUT2D eigenvalue weighted by atomic mass is 16.5. The van der Waals surface area contributed by atoms with Crippen LogP contribution in [0.15, 0.2) is 77.6 Å². The number of hydrogen-bond donors (Lipinski definition) is 0. The molecule has 6 nitrogen and oxygen atoms in total. The van der Waals surface area contributed by atoms with Gasteiger partial charge in [-0.2, -0.15) is 0 Å². The Morgan fingerprint density at radius 1 is 0.842 bits per heavy atom. The molecule has 0 fully saturated rings.